The highest BCUT2D eigenvalue weighted by Gasteiger charge is 2.39. The number of rotatable bonds is 4. The standard InChI is InChI=1S/C21H26N2O3S/c1-14(2)20(24)23-13-21(4,5)18-12-17(9-10-19(18)23)27(25,26)22-16-8-6-7-15(3)11-16/h6-12,14,22H,13H2,1-5H3. The molecule has 0 fully saturated rings. The van der Waals surface area contributed by atoms with Gasteiger partial charge in [0.15, 0.2) is 0 Å². The van der Waals surface area contributed by atoms with Crippen molar-refractivity contribution in [3.63, 3.8) is 0 Å². The van der Waals surface area contributed by atoms with Crippen molar-refractivity contribution in [1.29, 1.82) is 0 Å². The van der Waals surface area contributed by atoms with Crippen molar-refractivity contribution in [2.75, 3.05) is 16.2 Å². The van der Waals surface area contributed by atoms with E-state index in [-0.39, 0.29) is 22.1 Å². The third-order valence-electron chi connectivity index (χ3n) is 4.88. The number of fused-ring (bicyclic) bond motifs is 1. The largest absolute Gasteiger partial charge is 0.311 e. The first-order valence-corrected chi connectivity index (χ1v) is 10.5. The molecular weight excluding hydrogens is 360 g/mol. The number of carbonyl (C=O) groups excluding carboxylic acids is 1. The summed E-state index contributed by atoms with van der Waals surface area (Å²) in [5, 5.41) is 0. The smallest absolute Gasteiger partial charge is 0.261 e. The van der Waals surface area contributed by atoms with E-state index in [0.717, 1.165) is 16.8 Å². The van der Waals surface area contributed by atoms with Crippen LogP contribution in [0.1, 0.15) is 38.8 Å². The number of hydrogen-bond acceptors (Lipinski definition) is 3. The van der Waals surface area contributed by atoms with Crippen LogP contribution in [-0.4, -0.2) is 20.9 Å². The molecule has 1 aliphatic rings. The van der Waals surface area contributed by atoms with Gasteiger partial charge in [0.2, 0.25) is 5.91 Å². The molecule has 27 heavy (non-hydrogen) atoms. The average Bonchev–Trinajstić information content (AvgIpc) is 2.84. The minimum Gasteiger partial charge on any atom is -0.311 e. The number of nitrogens with one attached hydrogen (secondary N) is 1. The molecule has 0 aromatic heterocycles. The van der Waals surface area contributed by atoms with Crippen molar-refractivity contribution in [2.24, 2.45) is 5.92 Å². The molecule has 1 heterocycles. The van der Waals surface area contributed by atoms with Gasteiger partial charge in [-0.25, -0.2) is 8.42 Å². The third-order valence-corrected chi connectivity index (χ3v) is 6.26. The SMILES string of the molecule is Cc1cccc(NS(=O)(=O)c2ccc3c(c2)C(C)(C)CN3C(=O)C(C)C)c1. The summed E-state index contributed by atoms with van der Waals surface area (Å²) in [6.45, 7) is 10.3. The van der Waals surface area contributed by atoms with Gasteiger partial charge in [0.05, 0.1) is 4.90 Å². The van der Waals surface area contributed by atoms with Crippen LogP contribution in [0.5, 0.6) is 0 Å². The van der Waals surface area contributed by atoms with E-state index in [1.165, 1.54) is 0 Å². The van der Waals surface area contributed by atoms with E-state index in [1.807, 2.05) is 46.8 Å². The summed E-state index contributed by atoms with van der Waals surface area (Å²) >= 11 is 0. The van der Waals surface area contributed by atoms with Gasteiger partial charge in [0.1, 0.15) is 0 Å². The second-order valence-corrected chi connectivity index (χ2v) is 9.80. The van der Waals surface area contributed by atoms with Crippen LogP contribution < -0.4 is 9.62 Å². The molecule has 0 atom stereocenters. The van der Waals surface area contributed by atoms with E-state index in [9.17, 15) is 13.2 Å². The van der Waals surface area contributed by atoms with Crippen LogP contribution in [0.2, 0.25) is 0 Å². The zero-order chi connectivity index (χ0) is 20.0. The maximum Gasteiger partial charge on any atom is 0.261 e. The van der Waals surface area contributed by atoms with Crippen molar-refractivity contribution in [1.82, 2.24) is 0 Å². The van der Waals surface area contributed by atoms with Crippen molar-refractivity contribution in [3.05, 3.63) is 53.6 Å². The maximum absolute atomic E-state index is 12.9. The van der Waals surface area contributed by atoms with Gasteiger partial charge in [-0.2, -0.15) is 0 Å². The van der Waals surface area contributed by atoms with E-state index in [0.29, 0.717) is 12.2 Å². The van der Waals surface area contributed by atoms with Gasteiger partial charge in [-0.05, 0) is 48.4 Å². The van der Waals surface area contributed by atoms with Gasteiger partial charge >= 0.3 is 0 Å². The van der Waals surface area contributed by atoms with E-state index in [4.69, 9.17) is 0 Å². The number of benzene rings is 2. The Morgan fingerprint density at radius 1 is 1.15 bits per heavy atom. The van der Waals surface area contributed by atoms with Crippen molar-refractivity contribution < 1.29 is 13.2 Å². The molecule has 0 bridgehead atoms. The Morgan fingerprint density at radius 2 is 1.85 bits per heavy atom. The van der Waals surface area contributed by atoms with Crippen molar-refractivity contribution in [3.8, 4) is 0 Å². The molecule has 1 N–H and O–H groups in total. The van der Waals surface area contributed by atoms with Gasteiger partial charge in [-0.3, -0.25) is 9.52 Å². The van der Waals surface area contributed by atoms with E-state index >= 15 is 0 Å². The topological polar surface area (TPSA) is 66.5 Å². The molecule has 2 aromatic carbocycles. The molecule has 6 heteroatoms. The molecule has 0 spiro atoms. The van der Waals surface area contributed by atoms with Gasteiger partial charge in [0, 0.05) is 29.3 Å². The predicted octanol–water partition coefficient (Wildman–Crippen LogP) is 4.08. The first-order chi connectivity index (χ1) is 12.5. The van der Waals surface area contributed by atoms with Crippen LogP contribution in [0, 0.1) is 12.8 Å². The van der Waals surface area contributed by atoms with Crippen LogP contribution >= 0.6 is 0 Å². The lowest BCUT2D eigenvalue weighted by atomic mass is 9.87. The average molecular weight is 387 g/mol. The summed E-state index contributed by atoms with van der Waals surface area (Å²) in [4.78, 5) is 14.5. The number of aryl methyl sites for hydroxylation is 1. The molecule has 0 radical (unpaired) electrons. The molecule has 1 amide bonds. The van der Waals surface area contributed by atoms with E-state index in [2.05, 4.69) is 4.72 Å². The van der Waals surface area contributed by atoms with Gasteiger partial charge in [-0.1, -0.05) is 39.8 Å². The number of sulfonamides is 1. The van der Waals surface area contributed by atoms with Crippen LogP contribution in [0.4, 0.5) is 11.4 Å². The van der Waals surface area contributed by atoms with Crippen LogP contribution in [0.3, 0.4) is 0 Å². The highest BCUT2D eigenvalue weighted by atomic mass is 32.2. The van der Waals surface area contributed by atoms with Crippen molar-refractivity contribution >= 4 is 27.3 Å². The van der Waals surface area contributed by atoms with Crippen LogP contribution in [-0.2, 0) is 20.2 Å². The Balaban J connectivity index is 1.99. The lowest BCUT2D eigenvalue weighted by molar-refractivity contribution is -0.121. The Kier molecular flexibility index (Phi) is 4.80. The Bertz CT molecular complexity index is 994. The summed E-state index contributed by atoms with van der Waals surface area (Å²) in [5.74, 6) is -0.0616. The minimum atomic E-state index is -3.71. The minimum absolute atomic E-state index is 0.0512. The van der Waals surface area contributed by atoms with Crippen LogP contribution in [0.25, 0.3) is 0 Å². The molecule has 1 aliphatic heterocycles. The van der Waals surface area contributed by atoms with Crippen LogP contribution in [0.15, 0.2) is 47.4 Å². The summed E-state index contributed by atoms with van der Waals surface area (Å²) in [6.07, 6.45) is 0. The molecule has 0 unspecified atom stereocenters. The summed E-state index contributed by atoms with van der Waals surface area (Å²) in [7, 11) is -3.71. The van der Waals surface area contributed by atoms with E-state index in [1.54, 1.807) is 35.2 Å². The molecule has 144 valence electrons. The lowest BCUT2D eigenvalue weighted by Gasteiger charge is -2.22. The molecule has 5 nitrogen and oxygen atoms in total. The second kappa shape index (κ2) is 6.68. The second-order valence-electron chi connectivity index (χ2n) is 8.12. The monoisotopic (exact) mass is 386 g/mol. The molecule has 0 aliphatic carbocycles. The number of nitrogens with zero attached hydrogens (tertiary/aromatic N) is 1. The van der Waals surface area contributed by atoms with Gasteiger partial charge < -0.3 is 4.90 Å². The number of carbonyl (C=O) groups is 1. The maximum atomic E-state index is 12.9. The zero-order valence-corrected chi connectivity index (χ0v) is 17.2. The fraction of sp³-hybridized carbons (Fsp3) is 0.381. The molecule has 2 aromatic rings. The highest BCUT2D eigenvalue weighted by molar-refractivity contribution is 7.92. The fourth-order valence-corrected chi connectivity index (χ4v) is 4.53. The normalized spacial score (nSPS) is 15.7. The van der Waals surface area contributed by atoms with Crippen molar-refractivity contribution in [2.45, 2.75) is 44.9 Å². The number of amides is 1. The lowest BCUT2D eigenvalue weighted by Crippen LogP contribution is -2.36. The molecule has 0 saturated heterocycles. The highest BCUT2D eigenvalue weighted by Crippen LogP contribution is 2.42. The first kappa shape index (κ1) is 19.4. The molecule has 0 saturated carbocycles. The molecular formula is C21H26N2O3S. The Morgan fingerprint density at radius 3 is 2.48 bits per heavy atom. The summed E-state index contributed by atoms with van der Waals surface area (Å²) in [5.41, 5.74) is 2.88. The van der Waals surface area contributed by atoms with Gasteiger partial charge in [0.25, 0.3) is 10.0 Å². The first-order valence-electron chi connectivity index (χ1n) is 9.07. The fourth-order valence-electron chi connectivity index (χ4n) is 3.46. The Hall–Kier alpha value is -2.34. The van der Waals surface area contributed by atoms with E-state index < -0.39 is 10.0 Å². The quantitative estimate of drug-likeness (QED) is 0.861. The Labute approximate surface area is 161 Å². The third kappa shape index (κ3) is 3.72. The number of hydrogen-bond donors (Lipinski definition) is 1. The zero-order valence-electron chi connectivity index (χ0n) is 16.4. The van der Waals surface area contributed by atoms with Gasteiger partial charge in [-0.15, -0.1) is 0 Å². The summed E-state index contributed by atoms with van der Waals surface area (Å²) in [6, 6.07) is 12.3. The summed E-state index contributed by atoms with van der Waals surface area (Å²) < 4.78 is 28.3. The predicted molar refractivity (Wildman–Crippen MR) is 109 cm³/mol. The molecule has 3 rings (SSSR count). The number of anilines is 2.